The van der Waals surface area contributed by atoms with E-state index in [2.05, 4.69) is 9.97 Å². The minimum atomic E-state index is -0.286. The molecule has 0 bridgehead atoms. The summed E-state index contributed by atoms with van der Waals surface area (Å²) in [5.41, 5.74) is 1.31. The Morgan fingerprint density at radius 2 is 1.67 bits per heavy atom. The van der Waals surface area contributed by atoms with Crippen LogP contribution >= 0.6 is 0 Å². The molecule has 4 rings (SSSR count). The number of rotatable bonds is 6. The zero-order valence-electron chi connectivity index (χ0n) is 19.7. The van der Waals surface area contributed by atoms with E-state index >= 15 is 0 Å². The number of imidazole rings is 1. The summed E-state index contributed by atoms with van der Waals surface area (Å²) in [5, 5.41) is 0. The molecule has 1 aromatic carbocycles. The van der Waals surface area contributed by atoms with E-state index in [-0.39, 0.29) is 29.2 Å². The van der Waals surface area contributed by atoms with Gasteiger partial charge in [-0.1, -0.05) is 12.1 Å². The van der Waals surface area contributed by atoms with Crippen LogP contribution < -0.4 is 16.1 Å². The normalized spacial score (nSPS) is 14.6. The number of aromatic amines is 1. The van der Waals surface area contributed by atoms with Crippen molar-refractivity contribution < 1.29 is 4.79 Å². The molecule has 1 N–H and O–H groups in total. The van der Waals surface area contributed by atoms with E-state index < -0.39 is 0 Å². The smallest absolute Gasteiger partial charge is 0.333 e. The van der Waals surface area contributed by atoms with Gasteiger partial charge in [0.25, 0.3) is 5.56 Å². The van der Waals surface area contributed by atoms with Gasteiger partial charge in [-0.3, -0.25) is 18.7 Å². The lowest BCUT2D eigenvalue weighted by molar-refractivity contribution is -0.131. The Labute approximate surface area is 192 Å². The van der Waals surface area contributed by atoms with Crippen LogP contribution in [0.2, 0.25) is 0 Å². The Bertz CT molecular complexity index is 1230. The first kappa shape index (κ1) is 22.8. The molecule has 1 aliphatic heterocycles. The molecule has 0 radical (unpaired) electrons. The number of nitrogens with zero attached hydrogens (tertiary/aromatic N) is 5. The van der Waals surface area contributed by atoms with Crippen molar-refractivity contribution >= 4 is 22.8 Å². The zero-order valence-corrected chi connectivity index (χ0v) is 19.7. The van der Waals surface area contributed by atoms with Crippen LogP contribution in [0.4, 0.5) is 5.82 Å². The number of nitrogens with one attached hydrogen (secondary N) is 1. The number of hydrogen-bond acceptors (Lipinski definition) is 5. The third-order valence-electron chi connectivity index (χ3n) is 6.15. The van der Waals surface area contributed by atoms with Gasteiger partial charge in [0.2, 0.25) is 5.91 Å². The number of benzene rings is 1. The molecule has 2 aromatic heterocycles. The van der Waals surface area contributed by atoms with E-state index in [0.29, 0.717) is 44.8 Å². The molecule has 0 unspecified atom stereocenters. The van der Waals surface area contributed by atoms with E-state index in [1.165, 1.54) is 4.57 Å². The number of carbonyl (C=O) groups is 1. The largest absolute Gasteiger partial charge is 0.354 e. The van der Waals surface area contributed by atoms with Gasteiger partial charge in [-0.15, -0.1) is 0 Å². The van der Waals surface area contributed by atoms with E-state index in [1.807, 2.05) is 61.8 Å². The summed E-state index contributed by atoms with van der Waals surface area (Å²) in [6.45, 7) is 9.82. The molecule has 3 aromatic rings. The van der Waals surface area contributed by atoms with Crippen molar-refractivity contribution in [2.24, 2.45) is 0 Å². The van der Waals surface area contributed by atoms with Crippen molar-refractivity contribution in [3.05, 3.63) is 57.0 Å². The summed E-state index contributed by atoms with van der Waals surface area (Å²) in [6, 6.07) is 9.10. The second-order valence-electron chi connectivity index (χ2n) is 9.12. The van der Waals surface area contributed by atoms with Crippen molar-refractivity contribution in [1.82, 2.24) is 24.0 Å². The third-order valence-corrected chi connectivity index (χ3v) is 6.15. The predicted molar refractivity (Wildman–Crippen MR) is 129 cm³/mol. The van der Waals surface area contributed by atoms with Crippen LogP contribution in [0.25, 0.3) is 11.0 Å². The van der Waals surface area contributed by atoms with Gasteiger partial charge in [-0.2, -0.15) is 0 Å². The van der Waals surface area contributed by atoms with E-state index in [0.717, 1.165) is 16.9 Å². The minimum absolute atomic E-state index is 0.0819. The van der Waals surface area contributed by atoms with E-state index in [9.17, 15) is 14.4 Å². The number of anilines is 1. The maximum absolute atomic E-state index is 13.0. The van der Waals surface area contributed by atoms with Crippen LogP contribution in [0.5, 0.6) is 0 Å². The molecule has 1 saturated heterocycles. The van der Waals surface area contributed by atoms with Gasteiger partial charge in [0.1, 0.15) is 11.6 Å². The molecule has 0 aliphatic carbocycles. The molecule has 0 atom stereocenters. The monoisotopic (exact) mass is 452 g/mol. The number of aryl methyl sites for hydroxylation is 1. The fourth-order valence-corrected chi connectivity index (χ4v) is 4.45. The predicted octanol–water partition coefficient (Wildman–Crippen LogP) is 2.33. The molecule has 3 heterocycles. The third kappa shape index (κ3) is 4.58. The Balaban J connectivity index is 1.42. The standard InChI is InChI=1S/C24H32N6O3/c1-16(2)29-21(15-23(32)30(17(3)4)24(29)33)27-11-13-28(14-12-27)22(31)10-9-20-25-18-7-5-6-8-19(18)26-20/h5-8,15-17H,9-14H2,1-4H3,(H,25,26). The van der Waals surface area contributed by atoms with Gasteiger partial charge >= 0.3 is 5.69 Å². The summed E-state index contributed by atoms with van der Waals surface area (Å²) >= 11 is 0. The molecule has 33 heavy (non-hydrogen) atoms. The number of amides is 1. The molecule has 1 amide bonds. The number of hydrogen-bond donors (Lipinski definition) is 1. The lowest BCUT2D eigenvalue weighted by Crippen LogP contribution is -2.51. The fraction of sp³-hybridized carbons (Fsp3) is 0.500. The summed E-state index contributed by atoms with van der Waals surface area (Å²) in [5.74, 6) is 1.53. The van der Waals surface area contributed by atoms with Crippen LogP contribution in [0, 0.1) is 0 Å². The van der Waals surface area contributed by atoms with Crippen LogP contribution in [0.1, 0.15) is 52.0 Å². The van der Waals surface area contributed by atoms with Crippen molar-refractivity contribution in [3.63, 3.8) is 0 Å². The van der Waals surface area contributed by atoms with Crippen LogP contribution in [-0.2, 0) is 11.2 Å². The highest BCUT2D eigenvalue weighted by Crippen LogP contribution is 2.19. The van der Waals surface area contributed by atoms with Gasteiger partial charge in [0.15, 0.2) is 0 Å². The first-order valence-electron chi connectivity index (χ1n) is 11.6. The Morgan fingerprint density at radius 3 is 2.30 bits per heavy atom. The van der Waals surface area contributed by atoms with Crippen molar-refractivity contribution in [2.45, 2.75) is 52.6 Å². The van der Waals surface area contributed by atoms with Crippen LogP contribution in [-0.4, -0.2) is 56.1 Å². The fourth-order valence-electron chi connectivity index (χ4n) is 4.45. The maximum atomic E-state index is 13.0. The molecule has 176 valence electrons. The molecule has 9 nitrogen and oxygen atoms in total. The molecule has 1 fully saturated rings. The second kappa shape index (κ2) is 9.25. The lowest BCUT2D eigenvalue weighted by Gasteiger charge is -2.37. The molecular formula is C24H32N6O3. The number of para-hydroxylation sites is 2. The maximum Gasteiger partial charge on any atom is 0.333 e. The first-order valence-corrected chi connectivity index (χ1v) is 11.6. The van der Waals surface area contributed by atoms with Crippen molar-refractivity contribution in [1.29, 1.82) is 0 Å². The van der Waals surface area contributed by atoms with E-state index in [4.69, 9.17) is 0 Å². The molecular weight excluding hydrogens is 420 g/mol. The van der Waals surface area contributed by atoms with Gasteiger partial charge < -0.3 is 14.8 Å². The average Bonchev–Trinajstić information content (AvgIpc) is 3.19. The van der Waals surface area contributed by atoms with Crippen LogP contribution in [0.3, 0.4) is 0 Å². The highest BCUT2D eigenvalue weighted by Gasteiger charge is 2.25. The summed E-state index contributed by atoms with van der Waals surface area (Å²) in [4.78, 5) is 50.1. The van der Waals surface area contributed by atoms with Gasteiger partial charge in [0.05, 0.1) is 11.0 Å². The lowest BCUT2D eigenvalue weighted by atomic mass is 10.2. The summed E-state index contributed by atoms with van der Waals surface area (Å²) in [7, 11) is 0. The van der Waals surface area contributed by atoms with Crippen molar-refractivity contribution in [3.8, 4) is 0 Å². The molecule has 1 aliphatic rings. The summed E-state index contributed by atoms with van der Waals surface area (Å²) in [6.07, 6.45) is 0.953. The van der Waals surface area contributed by atoms with E-state index in [1.54, 1.807) is 10.6 Å². The number of fused-ring (bicyclic) bond motifs is 1. The summed E-state index contributed by atoms with van der Waals surface area (Å²) < 4.78 is 2.97. The van der Waals surface area contributed by atoms with Gasteiger partial charge in [-0.25, -0.2) is 9.78 Å². The van der Waals surface area contributed by atoms with Gasteiger partial charge in [0, 0.05) is 57.2 Å². The van der Waals surface area contributed by atoms with Crippen LogP contribution in [0.15, 0.2) is 39.9 Å². The average molecular weight is 453 g/mol. The minimum Gasteiger partial charge on any atom is -0.354 e. The Hall–Kier alpha value is -3.36. The van der Waals surface area contributed by atoms with Crippen molar-refractivity contribution in [2.75, 3.05) is 31.1 Å². The molecule has 9 heteroatoms. The number of piperazine rings is 1. The number of aromatic nitrogens is 4. The first-order chi connectivity index (χ1) is 15.8. The second-order valence-corrected chi connectivity index (χ2v) is 9.12. The number of carbonyl (C=O) groups excluding carboxylic acids is 1. The Morgan fingerprint density at radius 1 is 1.00 bits per heavy atom. The van der Waals surface area contributed by atoms with Gasteiger partial charge in [-0.05, 0) is 39.8 Å². The molecule has 0 spiro atoms. The quantitative estimate of drug-likeness (QED) is 0.619. The Kier molecular flexibility index (Phi) is 6.40. The zero-order chi connectivity index (χ0) is 23.7. The topological polar surface area (TPSA) is 96.2 Å². The SMILES string of the molecule is CC(C)n1c(N2CCN(C(=O)CCc3nc4ccccc4[nH]3)CC2)cc(=O)n(C(C)C)c1=O. The molecule has 0 saturated carbocycles. The number of H-pyrrole nitrogens is 1. The highest BCUT2D eigenvalue weighted by atomic mass is 16.2. The highest BCUT2D eigenvalue weighted by molar-refractivity contribution is 5.77.